The average Bonchev–Trinajstić information content (AvgIpc) is 3.12. The fraction of sp³-hybridized carbons (Fsp3) is 0.600. The molecule has 2 aliphatic heterocycles. The van der Waals surface area contributed by atoms with Gasteiger partial charge in [-0.05, 0) is 18.5 Å². The minimum atomic E-state index is -0.157. The maximum absolute atomic E-state index is 13.1. The van der Waals surface area contributed by atoms with Gasteiger partial charge in [-0.25, -0.2) is 0 Å². The van der Waals surface area contributed by atoms with E-state index in [1.807, 2.05) is 25.2 Å². The second-order valence-corrected chi connectivity index (χ2v) is 8.42. The van der Waals surface area contributed by atoms with Gasteiger partial charge in [-0.2, -0.15) is 0 Å². The molecule has 2 unspecified atom stereocenters. The van der Waals surface area contributed by atoms with Crippen LogP contribution in [-0.2, 0) is 16.1 Å². The van der Waals surface area contributed by atoms with Gasteiger partial charge in [0.2, 0.25) is 11.8 Å². The van der Waals surface area contributed by atoms with Crippen LogP contribution in [0, 0.1) is 11.3 Å². The molecule has 0 N–H and O–H groups in total. The lowest BCUT2D eigenvalue weighted by atomic mass is 9.90. The number of nitrogens with zero attached hydrogens (tertiary/aromatic N) is 3. The van der Waals surface area contributed by atoms with Crippen molar-refractivity contribution in [2.45, 2.75) is 39.9 Å². The zero-order chi connectivity index (χ0) is 18.2. The number of hydrogen-bond donors (Lipinski definition) is 0. The second-order valence-electron chi connectivity index (χ2n) is 8.42. The van der Waals surface area contributed by atoms with Crippen molar-refractivity contribution in [1.82, 2.24) is 14.7 Å². The number of carbonyl (C=O) groups is 2. The van der Waals surface area contributed by atoms with E-state index in [1.54, 1.807) is 9.80 Å². The predicted molar refractivity (Wildman–Crippen MR) is 97.6 cm³/mol. The fourth-order valence-electron chi connectivity index (χ4n) is 4.19. The van der Waals surface area contributed by atoms with Crippen LogP contribution >= 0.6 is 0 Å². The Kier molecular flexibility index (Phi) is 4.87. The summed E-state index contributed by atoms with van der Waals surface area (Å²) >= 11 is 0. The second kappa shape index (κ2) is 6.79. The number of benzene rings is 1. The molecular formula is C20H29N3O2. The Morgan fingerprint density at radius 3 is 2.52 bits per heavy atom. The lowest BCUT2D eigenvalue weighted by Gasteiger charge is -2.38. The summed E-state index contributed by atoms with van der Waals surface area (Å²) in [4.78, 5) is 31.2. The zero-order valence-corrected chi connectivity index (χ0v) is 15.7. The molecule has 0 bridgehead atoms. The highest BCUT2D eigenvalue weighted by atomic mass is 16.2. The third-order valence-corrected chi connectivity index (χ3v) is 5.29. The van der Waals surface area contributed by atoms with Crippen LogP contribution in [0.25, 0.3) is 0 Å². The predicted octanol–water partition coefficient (Wildman–Crippen LogP) is 2.18. The van der Waals surface area contributed by atoms with Crippen LogP contribution in [0.4, 0.5) is 0 Å². The largest absolute Gasteiger partial charge is 0.323 e. The molecule has 0 saturated carbocycles. The highest BCUT2D eigenvalue weighted by Crippen LogP contribution is 2.33. The van der Waals surface area contributed by atoms with Gasteiger partial charge in [0.25, 0.3) is 0 Å². The lowest BCUT2D eigenvalue weighted by Crippen LogP contribution is -2.51. The third-order valence-electron chi connectivity index (χ3n) is 5.29. The number of amides is 2. The zero-order valence-electron chi connectivity index (χ0n) is 15.7. The van der Waals surface area contributed by atoms with Crippen molar-refractivity contribution in [3.63, 3.8) is 0 Å². The SMILES string of the molecule is CN1C(=O)CN(C(=O)C2CCN(Cc3ccccc3)C2)C1C(C)(C)C. The number of carbonyl (C=O) groups excluding carboxylic acids is 2. The van der Waals surface area contributed by atoms with Gasteiger partial charge in [-0.3, -0.25) is 14.5 Å². The van der Waals surface area contributed by atoms with Crippen molar-refractivity contribution in [3.05, 3.63) is 35.9 Å². The molecule has 3 rings (SSSR count). The molecule has 2 aliphatic rings. The number of hydrogen-bond acceptors (Lipinski definition) is 3. The summed E-state index contributed by atoms with van der Waals surface area (Å²) in [7, 11) is 1.81. The van der Waals surface area contributed by atoms with Gasteiger partial charge in [0.1, 0.15) is 12.7 Å². The highest BCUT2D eigenvalue weighted by Gasteiger charge is 2.46. The standard InChI is InChI=1S/C20H29N3O2/c1-20(2,3)19-21(4)17(24)14-23(19)18(25)16-10-11-22(13-16)12-15-8-6-5-7-9-15/h5-9,16,19H,10-14H2,1-4H3. The van der Waals surface area contributed by atoms with Crippen LogP contribution in [0.15, 0.2) is 30.3 Å². The van der Waals surface area contributed by atoms with Gasteiger partial charge in [-0.1, -0.05) is 51.1 Å². The van der Waals surface area contributed by atoms with E-state index >= 15 is 0 Å². The normalized spacial score (nSPS) is 25.0. The van der Waals surface area contributed by atoms with Crippen molar-refractivity contribution in [3.8, 4) is 0 Å². The van der Waals surface area contributed by atoms with Crippen LogP contribution in [0.1, 0.15) is 32.8 Å². The molecule has 136 valence electrons. The van der Waals surface area contributed by atoms with E-state index in [0.29, 0.717) is 0 Å². The average molecular weight is 343 g/mol. The Bertz CT molecular complexity index is 638. The summed E-state index contributed by atoms with van der Waals surface area (Å²) in [6.45, 7) is 9.07. The molecule has 5 heteroatoms. The molecule has 1 aromatic rings. The first kappa shape index (κ1) is 17.9. The van der Waals surface area contributed by atoms with Crippen molar-refractivity contribution >= 4 is 11.8 Å². The van der Waals surface area contributed by atoms with E-state index in [1.165, 1.54) is 5.56 Å². The van der Waals surface area contributed by atoms with Crippen LogP contribution in [0.2, 0.25) is 0 Å². The summed E-state index contributed by atoms with van der Waals surface area (Å²) in [5, 5.41) is 0. The van der Waals surface area contributed by atoms with Crippen molar-refractivity contribution in [1.29, 1.82) is 0 Å². The van der Waals surface area contributed by atoms with Gasteiger partial charge in [0.15, 0.2) is 0 Å². The van der Waals surface area contributed by atoms with E-state index in [4.69, 9.17) is 0 Å². The van der Waals surface area contributed by atoms with Gasteiger partial charge in [-0.15, -0.1) is 0 Å². The molecule has 2 amide bonds. The number of likely N-dealkylation sites (N-methyl/N-ethyl adjacent to an activating group) is 1. The molecule has 5 nitrogen and oxygen atoms in total. The molecule has 0 aliphatic carbocycles. The first-order valence-electron chi connectivity index (χ1n) is 9.10. The Hall–Kier alpha value is -1.88. The first-order valence-corrected chi connectivity index (χ1v) is 9.10. The van der Waals surface area contributed by atoms with Crippen LogP contribution in [0.3, 0.4) is 0 Å². The van der Waals surface area contributed by atoms with Gasteiger partial charge in [0, 0.05) is 25.6 Å². The maximum atomic E-state index is 13.1. The van der Waals surface area contributed by atoms with E-state index in [0.717, 1.165) is 26.1 Å². The topological polar surface area (TPSA) is 43.9 Å². The van der Waals surface area contributed by atoms with E-state index < -0.39 is 0 Å². The summed E-state index contributed by atoms with van der Waals surface area (Å²) in [6, 6.07) is 10.4. The van der Waals surface area contributed by atoms with E-state index in [-0.39, 0.29) is 35.9 Å². The summed E-state index contributed by atoms with van der Waals surface area (Å²) in [5.41, 5.74) is 1.12. The van der Waals surface area contributed by atoms with Gasteiger partial charge >= 0.3 is 0 Å². The molecule has 2 fully saturated rings. The molecule has 25 heavy (non-hydrogen) atoms. The lowest BCUT2D eigenvalue weighted by molar-refractivity contribution is -0.140. The quantitative estimate of drug-likeness (QED) is 0.845. The Labute approximate surface area is 150 Å². The monoisotopic (exact) mass is 343 g/mol. The summed E-state index contributed by atoms with van der Waals surface area (Å²) < 4.78 is 0. The Balaban J connectivity index is 1.66. The number of rotatable bonds is 3. The minimum absolute atomic E-state index is 0.00661. The molecule has 0 spiro atoms. The molecule has 2 heterocycles. The van der Waals surface area contributed by atoms with Crippen LogP contribution < -0.4 is 0 Å². The van der Waals surface area contributed by atoms with Crippen molar-refractivity contribution in [2.24, 2.45) is 11.3 Å². The smallest absolute Gasteiger partial charge is 0.243 e. The molecule has 2 saturated heterocycles. The van der Waals surface area contributed by atoms with Crippen LogP contribution in [-0.4, -0.2) is 59.4 Å². The third kappa shape index (κ3) is 3.71. The van der Waals surface area contributed by atoms with Crippen LogP contribution in [0.5, 0.6) is 0 Å². The fourth-order valence-corrected chi connectivity index (χ4v) is 4.19. The molecule has 1 aromatic carbocycles. The van der Waals surface area contributed by atoms with Crippen molar-refractivity contribution in [2.75, 3.05) is 26.7 Å². The molecule has 0 radical (unpaired) electrons. The number of likely N-dealkylation sites (tertiary alicyclic amines) is 1. The maximum Gasteiger partial charge on any atom is 0.243 e. The minimum Gasteiger partial charge on any atom is -0.323 e. The summed E-state index contributed by atoms with van der Waals surface area (Å²) in [5.74, 6) is 0.161. The van der Waals surface area contributed by atoms with Crippen molar-refractivity contribution < 1.29 is 9.59 Å². The molecule has 2 atom stereocenters. The Morgan fingerprint density at radius 2 is 1.88 bits per heavy atom. The first-order chi connectivity index (χ1) is 11.8. The Morgan fingerprint density at radius 1 is 1.20 bits per heavy atom. The van der Waals surface area contributed by atoms with E-state index in [2.05, 4.69) is 37.8 Å². The van der Waals surface area contributed by atoms with Gasteiger partial charge < -0.3 is 9.80 Å². The highest BCUT2D eigenvalue weighted by molar-refractivity contribution is 5.89. The van der Waals surface area contributed by atoms with E-state index in [9.17, 15) is 9.59 Å². The molecule has 0 aromatic heterocycles. The van der Waals surface area contributed by atoms with Gasteiger partial charge in [0.05, 0.1) is 5.92 Å². The molecular weight excluding hydrogens is 314 g/mol. The summed E-state index contributed by atoms with van der Waals surface area (Å²) in [6.07, 6.45) is 0.715.